The Morgan fingerprint density at radius 3 is 2.58 bits per heavy atom. The van der Waals surface area contributed by atoms with Gasteiger partial charge in [-0.15, -0.1) is 0 Å². The molecule has 0 amide bonds. The molecule has 0 aromatic heterocycles. The van der Waals surface area contributed by atoms with Crippen molar-refractivity contribution in [1.29, 1.82) is 0 Å². The molecule has 1 aromatic rings. The van der Waals surface area contributed by atoms with Crippen LogP contribution in [0.3, 0.4) is 0 Å². The first-order valence-corrected chi connectivity index (χ1v) is 6.47. The summed E-state index contributed by atoms with van der Waals surface area (Å²) < 4.78 is 4.77. The van der Waals surface area contributed by atoms with Gasteiger partial charge in [-0.3, -0.25) is 0 Å². The number of nitrogens with one attached hydrogen (secondary N) is 1. The van der Waals surface area contributed by atoms with Gasteiger partial charge in [0.15, 0.2) is 0 Å². The lowest BCUT2D eigenvalue weighted by Gasteiger charge is -2.28. The lowest BCUT2D eigenvalue weighted by molar-refractivity contribution is 0.0602. The van der Waals surface area contributed by atoms with Crippen LogP contribution in [0.15, 0.2) is 18.2 Å². The maximum Gasteiger partial charge on any atom is 0.340 e. The van der Waals surface area contributed by atoms with Gasteiger partial charge in [0.05, 0.1) is 12.7 Å². The Balaban J connectivity index is 2.87. The van der Waals surface area contributed by atoms with Crippen molar-refractivity contribution in [2.75, 3.05) is 24.7 Å². The number of carbonyl (C=O) groups is 1. The Bertz CT molecular complexity index is 450. The molecule has 0 aliphatic rings. The molecule has 0 fully saturated rings. The highest BCUT2D eigenvalue weighted by Gasteiger charge is 2.20. The van der Waals surface area contributed by atoms with Crippen LogP contribution >= 0.6 is 0 Å². The highest BCUT2D eigenvalue weighted by Crippen LogP contribution is 2.27. The minimum Gasteiger partial charge on any atom is -0.465 e. The lowest BCUT2D eigenvalue weighted by atomic mass is 9.82. The molecule has 19 heavy (non-hydrogen) atoms. The Morgan fingerprint density at radius 2 is 2.05 bits per heavy atom. The zero-order valence-electron chi connectivity index (χ0n) is 12.4. The molecule has 3 N–H and O–H groups in total. The smallest absolute Gasteiger partial charge is 0.340 e. The summed E-state index contributed by atoms with van der Waals surface area (Å²) in [5, 5.41) is 3.31. The zero-order valence-corrected chi connectivity index (χ0v) is 12.4. The molecular weight excluding hydrogens is 240 g/mol. The number of hydrogen-bond donors (Lipinski definition) is 2. The SMILES string of the molecule is COC(=O)c1cc(N)ccc1NCC(C)C(C)(C)C. The standard InChI is InChI=1S/C15H24N2O2/c1-10(15(2,3)4)9-17-13-7-6-11(16)8-12(13)14(18)19-5/h6-8,10,17H,9,16H2,1-5H3. The number of hydrogen-bond acceptors (Lipinski definition) is 4. The quantitative estimate of drug-likeness (QED) is 0.647. The molecule has 4 nitrogen and oxygen atoms in total. The molecule has 1 atom stereocenters. The predicted octanol–water partition coefficient (Wildman–Crippen LogP) is 3.15. The second kappa shape index (κ2) is 5.95. The van der Waals surface area contributed by atoms with Gasteiger partial charge in [0.2, 0.25) is 0 Å². The largest absolute Gasteiger partial charge is 0.465 e. The lowest BCUT2D eigenvalue weighted by Crippen LogP contribution is -2.25. The fourth-order valence-electron chi connectivity index (χ4n) is 1.56. The van der Waals surface area contributed by atoms with E-state index in [2.05, 4.69) is 33.0 Å². The van der Waals surface area contributed by atoms with Crippen molar-refractivity contribution < 1.29 is 9.53 Å². The van der Waals surface area contributed by atoms with Gasteiger partial charge in [-0.1, -0.05) is 27.7 Å². The van der Waals surface area contributed by atoms with E-state index in [4.69, 9.17) is 10.5 Å². The minimum atomic E-state index is -0.377. The summed E-state index contributed by atoms with van der Waals surface area (Å²) >= 11 is 0. The van der Waals surface area contributed by atoms with Gasteiger partial charge in [-0.25, -0.2) is 4.79 Å². The number of nitrogen functional groups attached to an aromatic ring is 1. The minimum absolute atomic E-state index is 0.215. The molecule has 1 unspecified atom stereocenters. The van der Waals surface area contributed by atoms with Crippen LogP contribution in [-0.4, -0.2) is 19.6 Å². The average molecular weight is 264 g/mol. The number of esters is 1. The Hall–Kier alpha value is -1.71. The van der Waals surface area contributed by atoms with E-state index in [1.165, 1.54) is 7.11 Å². The number of methoxy groups -OCH3 is 1. The second-order valence-electron chi connectivity index (χ2n) is 5.94. The normalized spacial score (nSPS) is 12.9. The van der Waals surface area contributed by atoms with Gasteiger partial charge in [0.1, 0.15) is 0 Å². The molecule has 1 aromatic carbocycles. The Kier molecular flexibility index (Phi) is 4.81. The van der Waals surface area contributed by atoms with Gasteiger partial charge in [0.25, 0.3) is 0 Å². The summed E-state index contributed by atoms with van der Waals surface area (Å²) in [4.78, 5) is 11.7. The van der Waals surface area contributed by atoms with Crippen molar-refractivity contribution in [3.8, 4) is 0 Å². The average Bonchev–Trinajstić information content (AvgIpc) is 2.34. The van der Waals surface area contributed by atoms with Crippen LogP contribution < -0.4 is 11.1 Å². The third-order valence-electron chi connectivity index (χ3n) is 3.53. The van der Waals surface area contributed by atoms with E-state index >= 15 is 0 Å². The number of nitrogens with two attached hydrogens (primary N) is 1. The van der Waals surface area contributed by atoms with E-state index in [-0.39, 0.29) is 11.4 Å². The van der Waals surface area contributed by atoms with Crippen molar-refractivity contribution in [3.05, 3.63) is 23.8 Å². The number of carbonyl (C=O) groups excluding carboxylic acids is 1. The fraction of sp³-hybridized carbons (Fsp3) is 0.533. The van der Waals surface area contributed by atoms with E-state index in [0.29, 0.717) is 17.2 Å². The maximum absolute atomic E-state index is 11.7. The number of rotatable bonds is 4. The second-order valence-corrected chi connectivity index (χ2v) is 5.94. The van der Waals surface area contributed by atoms with Crippen molar-refractivity contribution >= 4 is 17.3 Å². The van der Waals surface area contributed by atoms with Gasteiger partial charge < -0.3 is 15.8 Å². The highest BCUT2D eigenvalue weighted by atomic mass is 16.5. The Morgan fingerprint density at radius 1 is 1.42 bits per heavy atom. The van der Waals surface area contributed by atoms with Crippen molar-refractivity contribution in [2.45, 2.75) is 27.7 Å². The Labute approximate surface area is 115 Å². The van der Waals surface area contributed by atoms with Crippen LogP contribution in [0.1, 0.15) is 38.1 Å². The molecule has 0 saturated carbocycles. The zero-order chi connectivity index (χ0) is 14.6. The van der Waals surface area contributed by atoms with Gasteiger partial charge >= 0.3 is 5.97 Å². The number of ether oxygens (including phenoxy) is 1. The molecule has 0 radical (unpaired) electrons. The molecule has 0 heterocycles. The monoisotopic (exact) mass is 264 g/mol. The van der Waals surface area contributed by atoms with Crippen LogP contribution in [-0.2, 0) is 4.74 Å². The summed E-state index contributed by atoms with van der Waals surface area (Å²) in [6.07, 6.45) is 0. The molecule has 106 valence electrons. The third kappa shape index (κ3) is 4.16. The third-order valence-corrected chi connectivity index (χ3v) is 3.53. The molecule has 0 aliphatic heterocycles. The first kappa shape index (κ1) is 15.3. The van der Waals surface area contributed by atoms with Crippen molar-refractivity contribution in [3.63, 3.8) is 0 Å². The summed E-state index contributed by atoms with van der Waals surface area (Å²) in [7, 11) is 1.37. The van der Waals surface area contributed by atoms with Gasteiger partial charge in [0, 0.05) is 17.9 Å². The molecule has 0 aliphatic carbocycles. The van der Waals surface area contributed by atoms with Crippen LogP contribution in [0.5, 0.6) is 0 Å². The van der Waals surface area contributed by atoms with E-state index in [1.54, 1.807) is 12.1 Å². The van der Waals surface area contributed by atoms with Gasteiger partial charge in [-0.2, -0.15) is 0 Å². The molecule has 4 heteroatoms. The van der Waals surface area contributed by atoms with Crippen LogP contribution in [0, 0.1) is 11.3 Å². The topological polar surface area (TPSA) is 64.3 Å². The highest BCUT2D eigenvalue weighted by molar-refractivity contribution is 5.96. The number of anilines is 2. The summed E-state index contributed by atoms with van der Waals surface area (Å²) in [5.74, 6) is 0.0914. The van der Waals surface area contributed by atoms with E-state index in [9.17, 15) is 4.79 Å². The molecule has 0 spiro atoms. The van der Waals surface area contributed by atoms with Gasteiger partial charge in [-0.05, 0) is 29.5 Å². The van der Waals surface area contributed by atoms with Crippen LogP contribution in [0.2, 0.25) is 0 Å². The van der Waals surface area contributed by atoms with E-state index in [0.717, 1.165) is 12.2 Å². The molecule has 0 bridgehead atoms. The predicted molar refractivity (Wildman–Crippen MR) is 79.3 cm³/mol. The van der Waals surface area contributed by atoms with E-state index in [1.807, 2.05) is 6.07 Å². The summed E-state index contributed by atoms with van der Waals surface area (Å²) in [6, 6.07) is 5.23. The molecule has 0 saturated heterocycles. The number of benzene rings is 1. The van der Waals surface area contributed by atoms with E-state index < -0.39 is 0 Å². The van der Waals surface area contributed by atoms with Crippen LogP contribution in [0.4, 0.5) is 11.4 Å². The van der Waals surface area contributed by atoms with Crippen molar-refractivity contribution in [1.82, 2.24) is 0 Å². The molecular formula is C15H24N2O2. The molecule has 1 rings (SSSR count). The first-order chi connectivity index (χ1) is 8.75. The maximum atomic E-state index is 11.7. The van der Waals surface area contributed by atoms with Crippen molar-refractivity contribution in [2.24, 2.45) is 11.3 Å². The van der Waals surface area contributed by atoms with Crippen LogP contribution in [0.25, 0.3) is 0 Å². The summed E-state index contributed by atoms with van der Waals surface area (Å²) in [5.41, 5.74) is 7.71. The first-order valence-electron chi connectivity index (χ1n) is 6.47. The fourth-order valence-corrected chi connectivity index (χ4v) is 1.56. The summed E-state index contributed by atoms with van der Waals surface area (Å²) in [6.45, 7) is 9.57.